The Hall–Kier alpha value is -1.68. The van der Waals surface area contributed by atoms with Gasteiger partial charge >= 0.3 is 12.1 Å². The maximum Gasteiger partial charge on any atom is 0.411 e. The number of anilines is 1. The molecule has 0 saturated carbocycles. The van der Waals surface area contributed by atoms with Crippen LogP contribution in [-0.4, -0.2) is 42.9 Å². The van der Waals surface area contributed by atoms with E-state index < -0.39 is 30.8 Å². The van der Waals surface area contributed by atoms with E-state index in [-0.39, 0.29) is 10.0 Å². The highest BCUT2D eigenvalue weighted by molar-refractivity contribution is 7.17. The Balaban J connectivity index is 2.53. The average molecular weight is 312 g/mol. The summed E-state index contributed by atoms with van der Waals surface area (Å²) in [5, 5.41) is 2.31. The second-order valence-electron chi connectivity index (χ2n) is 3.58. The molecule has 0 aliphatic rings. The number of carbonyl (C=O) groups excluding carboxylic acids is 2. The molecule has 0 aromatic carbocycles. The van der Waals surface area contributed by atoms with Crippen LogP contribution in [-0.2, 0) is 14.3 Å². The van der Waals surface area contributed by atoms with Gasteiger partial charge in [0.05, 0.1) is 13.3 Å². The molecule has 0 aliphatic heterocycles. The Morgan fingerprint density at radius 3 is 2.70 bits per heavy atom. The van der Waals surface area contributed by atoms with Crippen LogP contribution in [0.5, 0.6) is 0 Å². The minimum atomic E-state index is -4.51. The van der Waals surface area contributed by atoms with Crippen molar-refractivity contribution in [2.24, 2.45) is 0 Å². The molecule has 1 heterocycles. The van der Waals surface area contributed by atoms with E-state index in [4.69, 9.17) is 0 Å². The number of nitrogens with zero attached hydrogens (tertiary/aromatic N) is 1. The van der Waals surface area contributed by atoms with Gasteiger partial charge < -0.3 is 9.47 Å². The molecule has 0 radical (unpaired) electrons. The van der Waals surface area contributed by atoms with E-state index in [0.717, 1.165) is 11.3 Å². The van der Waals surface area contributed by atoms with E-state index in [9.17, 15) is 22.8 Å². The lowest BCUT2D eigenvalue weighted by Crippen LogP contribution is -2.31. The van der Waals surface area contributed by atoms with Gasteiger partial charge in [-0.1, -0.05) is 11.3 Å². The molecule has 1 amide bonds. The van der Waals surface area contributed by atoms with Crippen molar-refractivity contribution in [3.8, 4) is 0 Å². The maximum atomic E-state index is 11.9. The zero-order valence-electron chi connectivity index (χ0n) is 10.5. The lowest BCUT2D eigenvalue weighted by atomic mass is 10.4. The molecule has 1 atom stereocenters. The second kappa shape index (κ2) is 6.66. The van der Waals surface area contributed by atoms with Crippen molar-refractivity contribution in [1.29, 1.82) is 0 Å². The molecular weight excluding hydrogens is 301 g/mol. The second-order valence-corrected chi connectivity index (χ2v) is 4.61. The van der Waals surface area contributed by atoms with Crippen molar-refractivity contribution in [3.05, 3.63) is 11.1 Å². The Labute approximate surface area is 115 Å². The lowest BCUT2D eigenvalue weighted by molar-refractivity contribution is -0.184. The number of ether oxygens (including phenoxy) is 2. The Kier molecular flexibility index (Phi) is 5.45. The first-order valence-corrected chi connectivity index (χ1v) is 6.08. The summed E-state index contributed by atoms with van der Waals surface area (Å²) in [6.07, 6.45) is -4.62. The summed E-state index contributed by atoms with van der Waals surface area (Å²) in [6.45, 7) is -0.344. The first kappa shape index (κ1) is 16.4. The topological polar surface area (TPSA) is 77.5 Å². The highest BCUT2D eigenvalue weighted by atomic mass is 32.1. The number of aromatic nitrogens is 1. The van der Waals surface area contributed by atoms with Crippen LogP contribution in [0, 0.1) is 0 Å². The maximum absolute atomic E-state index is 11.9. The zero-order valence-corrected chi connectivity index (χ0v) is 11.3. The third-order valence-corrected chi connectivity index (χ3v) is 2.88. The number of alkyl halides is 3. The van der Waals surface area contributed by atoms with Gasteiger partial charge in [-0.2, -0.15) is 13.2 Å². The first-order valence-electron chi connectivity index (χ1n) is 5.26. The molecule has 112 valence electrons. The number of halogens is 3. The molecule has 1 N–H and O–H groups in total. The monoisotopic (exact) mass is 312 g/mol. The third-order valence-electron chi connectivity index (χ3n) is 1.99. The average Bonchev–Trinajstić information content (AvgIpc) is 2.82. The molecule has 1 aromatic rings. The fourth-order valence-electron chi connectivity index (χ4n) is 1.03. The fraction of sp³-hybridized carbons (Fsp3) is 0.500. The number of hydrogen-bond acceptors (Lipinski definition) is 6. The van der Waals surface area contributed by atoms with Crippen molar-refractivity contribution in [2.45, 2.75) is 19.2 Å². The molecule has 1 rings (SSSR count). The number of amides is 1. The van der Waals surface area contributed by atoms with Crippen LogP contribution < -0.4 is 5.32 Å². The molecule has 1 aromatic heterocycles. The SMILES string of the molecule is COC(=O)c1cnc(NC(=O)C(C)OCC(F)(F)F)s1. The van der Waals surface area contributed by atoms with Crippen LogP contribution in [0.15, 0.2) is 6.20 Å². The molecule has 1 unspecified atom stereocenters. The van der Waals surface area contributed by atoms with Gasteiger partial charge in [0.2, 0.25) is 0 Å². The number of methoxy groups -OCH3 is 1. The van der Waals surface area contributed by atoms with Crippen molar-refractivity contribution >= 4 is 28.3 Å². The van der Waals surface area contributed by atoms with E-state index in [2.05, 4.69) is 19.8 Å². The third kappa shape index (κ3) is 5.13. The van der Waals surface area contributed by atoms with Gasteiger partial charge in [-0.3, -0.25) is 10.1 Å². The molecule has 20 heavy (non-hydrogen) atoms. The molecule has 0 bridgehead atoms. The minimum absolute atomic E-state index is 0.0675. The van der Waals surface area contributed by atoms with Crippen LogP contribution in [0.3, 0.4) is 0 Å². The zero-order chi connectivity index (χ0) is 15.3. The number of rotatable bonds is 5. The molecule has 0 aliphatic carbocycles. The standard InChI is InChI=1S/C10H11F3N2O4S/c1-5(19-4-10(11,12)13)7(16)15-9-14-3-6(20-9)8(17)18-2/h3,5H,4H2,1-2H3,(H,14,15,16). The summed E-state index contributed by atoms with van der Waals surface area (Å²) in [6, 6.07) is 0. The number of carbonyl (C=O) groups is 2. The number of nitrogens with one attached hydrogen (secondary N) is 1. The van der Waals surface area contributed by atoms with Gasteiger partial charge in [-0.05, 0) is 6.92 Å². The van der Waals surface area contributed by atoms with Gasteiger partial charge in [0, 0.05) is 0 Å². The highest BCUT2D eigenvalue weighted by Gasteiger charge is 2.30. The molecule has 0 saturated heterocycles. The molecule has 0 spiro atoms. The largest absolute Gasteiger partial charge is 0.465 e. The van der Waals surface area contributed by atoms with Gasteiger partial charge in [-0.25, -0.2) is 9.78 Å². The predicted octanol–water partition coefficient (Wildman–Crippen LogP) is 1.84. The summed E-state index contributed by atoms with van der Waals surface area (Å²) in [5.41, 5.74) is 0. The quantitative estimate of drug-likeness (QED) is 0.839. The van der Waals surface area contributed by atoms with Crippen molar-refractivity contribution < 1.29 is 32.2 Å². The normalized spacial score (nSPS) is 12.8. The lowest BCUT2D eigenvalue weighted by Gasteiger charge is -2.13. The van der Waals surface area contributed by atoms with Crippen molar-refractivity contribution in [1.82, 2.24) is 4.98 Å². The van der Waals surface area contributed by atoms with Crippen molar-refractivity contribution in [2.75, 3.05) is 19.0 Å². The van der Waals surface area contributed by atoms with Crippen LogP contribution in [0.25, 0.3) is 0 Å². The van der Waals surface area contributed by atoms with Gasteiger partial charge in [-0.15, -0.1) is 0 Å². The Bertz CT molecular complexity index is 489. The first-order chi connectivity index (χ1) is 9.23. The van der Waals surface area contributed by atoms with E-state index in [1.165, 1.54) is 20.2 Å². The van der Waals surface area contributed by atoms with Gasteiger partial charge in [0.25, 0.3) is 5.91 Å². The number of thiazole rings is 1. The van der Waals surface area contributed by atoms with Crippen LogP contribution in [0.4, 0.5) is 18.3 Å². The minimum Gasteiger partial charge on any atom is -0.465 e. The summed E-state index contributed by atoms with van der Waals surface area (Å²) in [5.74, 6) is -1.41. The predicted molar refractivity (Wildman–Crippen MR) is 63.6 cm³/mol. The molecular formula is C10H11F3N2O4S. The fourth-order valence-corrected chi connectivity index (χ4v) is 1.77. The summed E-state index contributed by atoms with van der Waals surface area (Å²) in [7, 11) is 1.19. The van der Waals surface area contributed by atoms with Crippen LogP contribution >= 0.6 is 11.3 Å². The number of hydrogen-bond donors (Lipinski definition) is 1. The molecule has 6 nitrogen and oxygen atoms in total. The number of esters is 1. The molecule has 10 heteroatoms. The summed E-state index contributed by atoms with van der Waals surface area (Å²) < 4.78 is 44.6. The van der Waals surface area contributed by atoms with Gasteiger partial charge in [0.1, 0.15) is 17.6 Å². The van der Waals surface area contributed by atoms with Crippen molar-refractivity contribution in [3.63, 3.8) is 0 Å². The summed E-state index contributed by atoms with van der Waals surface area (Å²) >= 11 is 0.840. The van der Waals surface area contributed by atoms with Gasteiger partial charge in [0.15, 0.2) is 5.13 Å². The Morgan fingerprint density at radius 2 is 2.15 bits per heavy atom. The highest BCUT2D eigenvalue weighted by Crippen LogP contribution is 2.20. The summed E-state index contributed by atoms with van der Waals surface area (Å²) in [4.78, 5) is 26.6. The van der Waals surface area contributed by atoms with E-state index >= 15 is 0 Å². The van der Waals surface area contributed by atoms with Crippen LogP contribution in [0.1, 0.15) is 16.6 Å². The van der Waals surface area contributed by atoms with Crippen LogP contribution in [0.2, 0.25) is 0 Å². The van der Waals surface area contributed by atoms with E-state index in [1.54, 1.807) is 0 Å². The van der Waals surface area contributed by atoms with E-state index in [0.29, 0.717) is 0 Å². The smallest absolute Gasteiger partial charge is 0.411 e. The Morgan fingerprint density at radius 1 is 1.50 bits per heavy atom. The van der Waals surface area contributed by atoms with E-state index in [1.807, 2.05) is 0 Å². The molecule has 0 fully saturated rings.